The second kappa shape index (κ2) is 4.24. The van der Waals surface area contributed by atoms with E-state index >= 15 is 0 Å². The third-order valence-corrected chi connectivity index (χ3v) is 3.54. The number of hydrogen-bond acceptors (Lipinski definition) is 2. The van der Waals surface area contributed by atoms with Crippen LogP contribution in [0, 0.1) is 0 Å². The van der Waals surface area contributed by atoms with Gasteiger partial charge in [0.25, 0.3) is 0 Å². The monoisotopic (exact) mass is 228 g/mol. The Hall–Kier alpha value is -1.77. The van der Waals surface area contributed by atoms with E-state index in [4.69, 9.17) is 4.74 Å². The summed E-state index contributed by atoms with van der Waals surface area (Å²) in [6.07, 6.45) is 7.31. The highest BCUT2D eigenvalue weighted by Crippen LogP contribution is 2.37. The van der Waals surface area contributed by atoms with Crippen LogP contribution >= 0.6 is 0 Å². The number of benzene rings is 1. The van der Waals surface area contributed by atoms with Crippen molar-refractivity contribution in [2.75, 3.05) is 7.11 Å². The van der Waals surface area contributed by atoms with Gasteiger partial charge in [0.2, 0.25) is 0 Å². The molecule has 1 aliphatic rings. The summed E-state index contributed by atoms with van der Waals surface area (Å²) in [4.78, 5) is 7.44. The highest BCUT2D eigenvalue weighted by Gasteiger charge is 2.23. The van der Waals surface area contributed by atoms with Crippen LogP contribution in [0.3, 0.4) is 0 Å². The van der Waals surface area contributed by atoms with Gasteiger partial charge in [-0.2, -0.15) is 0 Å². The second-order valence-corrected chi connectivity index (χ2v) is 4.50. The lowest BCUT2D eigenvalue weighted by molar-refractivity contribution is 0.413. The molecule has 1 aliphatic carbocycles. The van der Waals surface area contributed by atoms with Crippen LogP contribution in [-0.2, 0) is 6.42 Å². The van der Waals surface area contributed by atoms with E-state index in [1.54, 1.807) is 13.4 Å². The fraction of sp³-hybridized carbons (Fsp3) is 0.357. The molecule has 1 aromatic heterocycles. The molecule has 3 nitrogen and oxygen atoms in total. The average molecular weight is 228 g/mol. The maximum absolute atomic E-state index is 5.28. The van der Waals surface area contributed by atoms with Gasteiger partial charge < -0.3 is 9.72 Å². The van der Waals surface area contributed by atoms with E-state index in [9.17, 15) is 0 Å². The van der Waals surface area contributed by atoms with Crippen LogP contribution in [0.2, 0.25) is 0 Å². The Balaban J connectivity index is 2.02. The van der Waals surface area contributed by atoms with Crippen molar-refractivity contribution in [1.29, 1.82) is 0 Å². The minimum absolute atomic E-state index is 0.441. The van der Waals surface area contributed by atoms with Crippen molar-refractivity contribution >= 4 is 0 Å². The first-order chi connectivity index (χ1) is 8.38. The SMILES string of the molecule is COc1ccc2c(c1)CCCC2c1c[nH]cn1. The Bertz CT molecular complexity index is 505. The highest BCUT2D eigenvalue weighted by atomic mass is 16.5. The second-order valence-electron chi connectivity index (χ2n) is 4.50. The Labute approximate surface area is 101 Å². The highest BCUT2D eigenvalue weighted by molar-refractivity contribution is 5.42. The zero-order valence-corrected chi connectivity index (χ0v) is 9.94. The molecule has 1 atom stereocenters. The first kappa shape index (κ1) is 10.4. The summed E-state index contributed by atoms with van der Waals surface area (Å²) < 4.78 is 5.28. The molecule has 0 fully saturated rings. The van der Waals surface area contributed by atoms with Gasteiger partial charge in [0, 0.05) is 12.1 Å². The van der Waals surface area contributed by atoms with Gasteiger partial charge in [-0.05, 0) is 42.5 Å². The van der Waals surface area contributed by atoms with Crippen molar-refractivity contribution in [3.05, 3.63) is 47.5 Å². The summed E-state index contributed by atoms with van der Waals surface area (Å²) >= 11 is 0. The topological polar surface area (TPSA) is 37.9 Å². The zero-order valence-electron chi connectivity index (χ0n) is 9.94. The van der Waals surface area contributed by atoms with Crippen LogP contribution in [0.1, 0.15) is 35.6 Å². The van der Waals surface area contributed by atoms with Gasteiger partial charge in [0.05, 0.1) is 19.1 Å². The molecule has 0 bridgehead atoms. The van der Waals surface area contributed by atoms with Crippen molar-refractivity contribution in [3.8, 4) is 5.75 Å². The summed E-state index contributed by atoms with van der Waals surface area (Å²) in [7, 11) is 1.72. The minimum Gasteiger partial charge on any atom is -0.497 e. The lowest BCUT2D eigenvalue weighted by atomic mass is 9.81. The zero-order chi connectivity index (χ0) is 11.7. The van der Waals surface area contributed by atoms with Crippen molar-refractivity contribution in [2.45, 2.75) is 25.2 Å². The molecule has 3 rings (SSSR count). The smallest absolute Gasteiger partial charge is 0.119 e. The molecule has 0 radical (unpaired) electrons. The number of nitrogens with one attached hydrogen (secondary N) is 1. The summed E-state index contributed by atoms with van der Waals surface area (Å²) in [5.74, 6) is 1.39. The molecule has 0 aliphatic heterocycles. The van der Waals surface area contributed by atoms with E-state index in [1.807, 2.05) is 12.3 Å². The number of imidazole rings is 1. The van der Waals surface area contributed by atoms with E-state index in [-0.39, 0.29) is 0 Å². The largest absolute Gasteiger partial charge is 0.497 e. The molecular weight excluding hydrogens is 212 g/mol. The fourth-order valence-electron chi connectivity index (χ4n) is 2.69. The standard InChI is InChI=1S/C14H16N2O/c1-17-11-5-6-12-10(7-11)3-2-4-13(12)14-8-15-9-16-14/h5-9,13H,2-4H2,1H3,(H,15,16). The van der Waals surface area contributed by atoms with Crippen LogP contribution in [-0.4, -0.2) is 17.1 Å². The molecule has 88 valence electrons. The molecule has 17 heavy (non-hydrogen) atoms. The predicted octanol–water partition coefficient (Wildman–Crippen LogP) is 2.89. The number of fused-ring (bicyclic) bond motifs is 1. The number of ether oxygens (including phenoxy) is 1. The molecule has 1 N–H and O–H groups in total. The van der Waals surface area contributed by atoms with Crippen molar-refractivity contribution < 1.29 is 4.74 Å². The summed E-state index contributed by atoms with van der Waals surface area (Å²) in [5.41, 5.74) is 3.96. The molecule has 2 aromatic rings. The average Bonchev–Trinajstić information content (AvgIpc) is 2.91. The van der Waals surface area contributed by atoms with Crippen LogP contribution in [0.4, 0.5) is 0 Å². The molecule has 0 saturated heterocycles. The van der Waals surface area contributed by atoms with E-state index in [0.717, 1.165) is 17.9 Å². The third-order valence-electron chi connectivity index (χ3n) is 3.54. The normalized spacial score (nSPS) is 18.8. The molecule has 1 aromatic carbocycles. The lowest BCUT2D eigenvalue weighted by Gasteiger charge is -2.24. The molecule has 0 saturated carbocycles. The maximum atomic E-state index is 5.28. The number of rotatable bonds is 2. The minimum atomic E-state index is 0.441. The van der Waals surface area contributed by atoms with Gasteiger partial charge in [0.15, 0.2) is 0 Å². The molecule has 0 amide bonds. The van der Waals surface area contributed by atoms with Crippen molar-refractivity contribution in [3.63, 3.8) is 0 Å². The molecule has 3 heteroatoms. The Morgan fingerprint density at radius 2 is 2.35 bits per heavy atom. The molecule has 1 heterocycles. The third kappa shape index (κ3) is 1.82. The lowest BCUT2D eigenvalue weighted by Crippen LogP contribution is -2.11. The van der Waals surface area contributed by atoms with E-state index in [1.165, 1.54) is 24.0 Å². The number of H-pyrrole nitrogens is 1. The van der Waals surface area contributed by atoms with Gasteiger partial charge >= 0.3 is 0 Å². The van der Waals surface area contributed by atoms with Gasteiger partial charge in [-0.1, -0.05) is 6.07 Å². The fourth-order valence-corrected chi connectivity index (χ4v) is 2.69. The van der Waals surface area contributed by atoms with Crippen molar-refractivity contribution in [1.82, 2.24) is 9.97 Å². The van der Waals surface area contributed by atoms with Crippen LogP contribution in [0.25, 0.3) is 0 Å². The number of aromatic nitrogens is 2. The number of aryl methyl sites for hydroxylation is 1. The van der Waals surface area contributed by atoms with E-state index < -0.39 is 0 Å². The van der Waals surface area contributed by atoms with E-state index in [2.05, 4.69) is 22.1 Å². The molecular formula is C14H16N2O. The summed E-state index contributed by atoms with van der Waals surface area (Å²) in [5, 5.41) is 0. The Kier molecular flexibility index (Phi) is 2.59. The Morgan fingerprint density at radius 1 is 1.41 bits per heavy atom. The van der Waals surface area contributed by atoms with Crippen LogP contribution < -0.4 is 4.74 Å². The van der Waals surface area contributed by atoms with Gasteiger partial charge in [0.1, 0.15) is 5.75 Å². The number of hydrogen-bond donors (Lipinski definition) is 1. The first-order valence-corrected chi connectivity index (χ1v) is 6.04. The van der Waals surface area contributed by atoms with E-state index in [0.29, 0.717) is 5.92 Å². The van der Waals surface area contributed by atoms with Crippen molar-refractivity contribution in [2.24, 2.45) is 0 Å². The van der Waals surface area contributed by atoms with Crippen LogP contribution in [0.5, 0.6) is 5.75 Å². The number of methoxy groups -OCH3 is 1. The summed E-state index contributed by atoms with van der Waals surface area (Å²) in [6.45, 7) is 0. The van der Waals surface area contributed by atoms with Crippen LogP contribution in [0.15, 0.2) is 30.7 Å². The molecule has 1 unspecified atom stereocenters. The number of nitrogens with zero attached hydrogens (tertiary/aromatic N) is 1. The Morgan fingerprint density at radius 3 is 3.12 bits per heavy atom. The maximum Gasteiger partial charge on any atom is 0.119 e. The molecule has 0 spiro atoms. The summed E-state index contributed by atoms with van der Waals surface area (Å²) in [6, 6.07) is 6.39. The predicted molar refractivity (Wildman–Crippen MR) is 66.4 cm³/mol. The number of aromatic amines is 1. The van der Waals surface area contributed by atoms with Gasteiger partial charge in [-0.25, -0.2) is 4.98 Å². The van der Waals surface area contributed by atoms with Gasteiger partial charge in [-0.3, -0.25) is 0 Å². The first-order valence-electron chi connectivity index (χ1n) is 6.04. The quantitative estimate of drug-likeness (QED) is 0.858. The van der Waals surface area contributed by atoms with Gasteiger partial charge in [-0.15, -0.1) is 0 Å².